The molecule has 2 heterocycles. The molecule has 2 aliphatic heterocycles. The van der Waals surface area contributed by atoms with Crippen molar-refractivity contribution in [1.29, 1.82) is 0 Å². The summed E-state index contributed by atoms with van der Waals surface area (Å²) in [5.74, 6) is -0.369. The van der Waals surface area contributed by atoms with Gasteiger partial charge in [-0.2, -0.15) is 0 Å². The Bertz CT molecular complexity index is 718. The first-order valence-corrected chi connectivity index (χ1v) is 7.74. The lowest BCUT2D eigenvalue weighted by Crippen LogP contribution is -2.54. The zero-order chi connectivity index (χ0) is 16.6. The van der Waals surface area contributed by atoms with Crippen LogP contribution < -0.4 is 11.1 Å². The van der Waals surface area contributed by atoms with Crippen molar-refractivity contribution in [2.75, 3.05) is 13.1 Å². The van der Waals surface area contributed by atoms with E-state index in [4.69, 9.17) is 5.73 Å². The molecule has 1 aromatic rings. The number of nitrogens with zero attached hydrogens (tertiary/aromatic N) is 1. The second-order valence-corrected chi connectivity index (χ2v) is 6.37. The summed E-state index contributed by atoms with van der Waals surface area (Å²) in [7, 11) is 0. The number of aryl methyl sites for hydroxylation is 1. The van der Waals surface area contributed by atoms with E-state index in [1.165, 1.54) is 0 Å². The van der Waals surface area contributed by atoms with Crippen molar-refractivity contribution in [2.45, 2.75) is 25.8 Å². The highest BCUT2D eigenvalue weighted by molar-refractivity contribution is 5.94. The number of benzene rings is 1. The van der Waals surface area contributed by atoms with Crippen LogP contribution in [0.4, 0.5) is 0 Å². The molecular formula is C18H21N3O2. The highest BCUT2D eigenvalue weighted by Gasteiger charge is 2.34. The zero-order valence-electron chi connectivity index (χ0n) is 13.4. The lowest BCUT2D eigenvalue weighted by molar-refractivity contribution is -0.121. The summed E-state index contributed by atoms with van der Waals surface area (Å²) in [5.41, 5.74) is 8.48. The van der Waals surface area contributed by atoms with Crippen molar-refractivity contribution in [3.05, 3.63) is 58.8 Å². The van der Waals surface area contributed by atoms with E-state index in [1.807, 2.05) is 42.2 Å². The van der Waals surface area contributed by atoms with E-state index in [9.17, 15) is 9.59 Å². The Hall–Kier alpha value is -2.56. The maximum absolute atomic E-state index is 12.6. The second-order valence-electron chi connectivity index (χ2n) is 6.37. The van der Waals surface area contributed by atoms with Gasteiger partial charge in [-0.3, -0.25) is 9.59 Å². The smallest absolute Gasteiger partial charge is 0.254 e. The van der Waals surface area contributed by atoms with E-state index in [-0.39, 0.29) is 5.91 Å². The van der Waals surface area contributed by atoms with E-state index in [0.717, 1.165) is 16.8 Å². The van der Waals surface area contributed by atoms with Crippen LogP contribution in [-0.4, -0.2) is 35.3 Å². The summed E-state index contributed by atoms with van der Waals surface area (Å²) in [6, 6.07) is 7.62. The van der Waals surface area contributed by atoms with Gasteiger partial charge in [-0.15, -0.1) is 0 Å². The number of nitrogens with one attached hydrogen (secondary N) is 1. The summed E-state index contributed by atoms with van der Waals surface area (Å²) < 4.78 is 0. The molecule has 2 amide bonds. The molecule has 0 radical (unpaired) electrons. The maximum Gasteiger partial charge on any atom is 0.254 e. The van der Waals surface area contributed by atoms with Gasteiger partial charge in [0, 0.05) is 30.8 Å². The molecule has 2 aliphatic rings. The Morgan fingerprint density at radius 2 is 1.96 bits per heavy atom. The second kappa shape index (κ2) is 5.57. The number of dihydropyridines is 1. The average Bonchev–Trinajstić information content (AvgIpc) is 2.54. The quantitative estimate of drug-likeness (QED) is 0.869. The highest BCUT2D eigenvalue weighted by Crippen LogP contribution is 2.26. The Labute approximate surface area is 135 Å². The highest BCUT2D eigenvalue weighted by atomic mass is 16.2. The van der Waals surface area contributed by atoms with Crippen molar-refractivity contribution in [1.82, 2.24) is 10.2 Å². The fraction of sp³-hybridized carbons (Fsp3) is 0.333. The van der Waals surface area contributed by atoms with Crippen molar-refractivity contribution in [3.63, 3.8) is 0 Å². The lowest BCUT2D eigenvalue weighted by atomic mass is 9.91. The van der Waals surface area contributed by atoms with Gasteiger partial charge in [-0.05, 0) is 37.6 Å². The fourth-order valence-corrected chi connectivity index (χ4v) is 2.90. The molecule has 3 N–H and O–H groups in total. The maximum atomic E-state index is 12.6. The molecule has 0 bridgehead atoms. The van der Waals surface area contributed by atoms with Crippen LogP contribution in [0, 0.1) is 6.92 Å². The zero-order valence-corrected chi connectivity index (χ0v) is 13.4. The van der Waals surface area contributed by atoms with Crippen LogP contribution in [0.5, 0.6) is 0 Å². The minimum atomic E-state index is -0.845. The molecule has 0 fully saturated rings. The van der Waals surface area contributed by atoms with Gasteiger partial charge in [0.25, 0.3) is 5.91 Å². The predicted molar refractivity (Wildman–Crippen MR) is 88.6 cm³/mol. The average molecular weight is 311 g/mol. The van der Waals surface area contributed by atoms with Crippen LogP contribution in [0.3, 0.4) is 0 Å². The number of carbonyl (C=O) groups is 2. The topological polar surface area (TPSA) is 75.4 Å². The number of rotatable bonds is 2. The summed E-state index contributed by atoms with van der Waals surface area (Å²) in [6.45, 7) is 4.93. The summed E-state index contributed by atoms with van der Waals surface area (Å²) in [5, 5.41) is 3.22. The number of hydrogen-bond donors (Lipinski definition) is 2. The minimum absolute atomic E-state index is 0.0354. The van der Waals surface area contributed by atoms with Gasteiger partial charge in [0.2, 0.25) is 5.91 Å². The SMILES string of the molecule is Cc1ccc(C(=O)N2CCC3=C(C=CC(C)(C(N)=O)N3)C2)cc1. The van der Waals surface area contributed by atoms with Crippen molar-refractivity contribution < 1.29 is 9.59 Å². The van der Waals surface area contributed by atoms with Crippen LogP contribution in [0.15, 0.2) is 47.7 Å². The van der Waals surface area contributed by atoms with Crippen molar-refractivity contribution in [2.24, 2.45) is 5.73 Å². The van der Waals surface area contributed by atoms with Gasteiger partial charge in [0.05, 0.1) is 0 Å². The first-order valence-electron chi connectivity index (χ1n) is 7.74. The third-order valence-corrected chi connectivity index (χ3v) is 4.51. The van der Waals surface area contributed by atoms with Gasteiger partial charge >= 0.3 is 0 Å². The molecule has 120 valence electrons. The first kappa shape index (κ1) is 15.3. The molecule has 1 aromatic carbocycles. The molecule has 0 aromatic heterocycles. The number of nitrogens with two attached hydrogens (primary N) is 1. The first-order chi connectivity index (χ1) is 10.9. The van der Waals surface area contributed by atoms with Crippen LogP contribution in [-0.2, 0) is 4.79 Å². The summed E-state index contributed by atoms with van der Waals surface area (Å²) >= 11 is 0. The molecule has 0 aliphatic carbocycles. The largest absolute Gasteiger partial charge is 0.371 e. The number of amides is 2. The minimum Gasteiger partial charge on any atom is -0.371 e. The molecule has 0 saturated carbocycles. The molecule has 1 atom stereocenters. The molecule has 5 heteroatoms. The van der Waals surface area contributed by atoms with Gasteiger partial charge in [0.15, 0.2) is 0 Å². The van der Waals surface area contributed by atoms with E-state index in [2.05, 4.69) is 5.32 Å². The molecule has 23 heavy (non-hydrogen) atoms. The van der Waals surface area contributed by atoms with E-state index in [0.29, 0.717) is 25.1 Å². The Morgan fingerprint density at radius 3 is 2.61 bits per heavy atom. The Balaban J connectivity index is 1.76. The predicted octanol–water partition coefficient (Wildman–Crippen LogP) is 1.50. The third-order valence-electron chi connectivity index (χ3n) is 4.51. The van der Waals surface area contributed by atoms with Crippen molar-refractivity contribution >= 4 is 11.8 Å². The van der Waals surface area contributed by atoms with Gasteiger partial charge in [-0.1, -0.05) is 23.8 Å². The Morgan fingerprint density at radius 1 is 1.26 bits per heavy atom. The van der Waals surface area contributed by atoms with Gasteiger partial charge < -0.3 is 16.0 Å². The number of primary amides is 1. The lowest BCUT2D eigenvalue weighted by Gasteiger charge is -2.37. The normalized spacial score (nSPS) is 23.3. The standard InChI is InChI=1S/C18H21N3O2/c1-12-3-5-13(6-4-12)16(22)21-10-8-15-14(11-21)7-9-18(2,20-15)17(19)23/h3-7,9,20H,8,10-11H2,1-2H3,(H2,19,23). The van der Waals surface area contributed by atoms with E-state index >= 15 is 0 Å². The molecule has 5 nitrogen and oxygen atoms in total. The molecule has 0 saturated heterocycles. The summed E-state index contributed by atoms with van der Waals surface area (Å²) in [4.78, 5) is 26.0. The Kier molecular flexibility index (Phi) is 3.72. The monoisotopic (exact) mass is 311 g/mol. The fourth-order valence-electron chi connectivity index (χ4n) is 2.90. The number of carbonyl (C=O) groups excluding carboxylic acids is 2. The van der Waals surface area contributed by atoms with Crippen LogP contribution >= 0.6 is 0 Å². The molecule has 0 spiro atoms. The molecule has 1 unspecified atom stereocenters. The van der Waals surface area contributed by atoms with Gasteiger partial charge in [0.1, 0.15) is 5.54 Å². The van der Waals surface area contributed by atoms with Crippen LogP contribution in [0.1, 0.15) is 29.3 Å². The number of hydrogen-bond acceptors (Lipinski definition) is 3. The molecule has 3 rings (SSSR count). The third kappa shape index (κ3) is 2.86. The molecular weight excluding hydrogens is 290 g/mol. The summed E-state index contributed by atoms with van der Waals surface area (Å²) in [6.07, 6.45) is 4.37. The van der Waals surface area contributed by atoms with Crippen molar-refractivity contribution in [3.8, 4) is 0 Å². The van der Waals surface area contributed by atoms with Crippen LogP contribution in [0.2, 0.25) is 0 Å². The van der Waals surface area contributed by atoms with Crippen LogP contribution in [0.25, 0.3) is 0 Å². The van der Waals surface area contributed by atoms with Gasteiger partial charge in [-0.25, -0.2) is 0 Å². The van der Waals surface area contributed by atoms with E-state index in [1.54, 1.807) is 13.0 Å². The van der Waals surface area contributed by atoms with E-state index < -0.39 is 11.4 Å².